The average molecular weight is 560 g/mol. The number of carbonyl (C=O) groups excluding carboxylic acids is 1. The maximum atomic E-state index is 14.1. The molecule has 1 aliphatic rings. The standard InChI is InChI=1S/C27H30ClN3O6S/c1-4-30-18-25(27(29-30)36-5-2)38(33,34)31-17-21(13-15-26(32)35-3)37-24-14-11-19(16-23(24)31)10-12-20-8-6-7-9-22(20)28/h6-12,14,16,18,21H,4-5,13,15,17H2,1-3H3/b12-10+/t21-/m0/s1. The summed E-state index contributed by atoms with van der Waals surface area (Å²) in [5.74, 6) is 0.0467. The zero-order chi connectivity index (χ0) is 27.3. The van der Waals surface area contributed by atoms with E-state index in [1.807, 2.05) is 43.3 Å². The smallest absolute Gasteiger partial charge is 0.305 e. The maximum Gasteiger partial charge on any atom is 0.305 e. The van der Waals surface area contributed by atoms with Crippen molar-refractivity contribution < 1.29 is 27.4 Å². The van der Waals surface area contributed by atoms with Gasteiger partial charge in [-0.2, -0.15) is 0 Å². The van der Waals surface area contributed by atoms with Gasteiger partial charge in [0.25, 0.3) is 15.9 Å². The summed E-state index contributed by atoms with van der Waals surface area (Å²) >= 11 is 6.28. The van der Waals surface area contributed by atoms with E-state index < -0.39 is 22.1 Å². The van der Waals surface area contributed by atoms with Gasteiger partial charge in [0, 0.05) is 24.2 Å². The number of methoxy groups -OCH3 is 1. The lowest BCUT2D eigenvalue weighted by molar-refractivity contribution is -0.141. The molecule has 0 N–H and O–H groups in total. The highest BCUT2D eigenvalue weighted by atomic mass is 35.5. The Bertz CT molecular complexity index is 1440. The number of carbonyl (C=O) groups is 1. The van der Waals surface area contributed by atoms with Gasteiger partial charge >= 0.3 is 5.97 Å². The summed E-state index contributed by atoms with van der Waals surface area (Å²) in [7, 11) is -2.79. The Morgan fingerprint density at radius 2 is 2.00 bits per heavy atom. The van der Waals surface area contributed by atoms with Crippen molar-refractivity contribution in [1.29, 1.82) is 0 Å². The molecule has 2 aromatic carbocycles. The van der Waals surface area contributed by atoms with Crippen molar-refractivity contribution in [2.45, 2.75) is 44.2 Å². The zero-order valence-corrected chi connectivity index (χ0v) is 23.0. The Hall–Kier alpha value is -3.50. The normalized spacial score (nSPS) is 15.3. The number of hydrogen-bond acceptors (Lipinski definition) is 7. The number of aryl methyl sites for hydroxylation is 1. The first kappa shape index (κ1) is 27.5. The van der Waals surface area contributed by atoms with E-state index in [1.165, 1.54) is 22.3 Å². The fourth-order valence-corrected chi connectivity index (χ4v) is 5.84. The van der Waals surface area contributed by atoms with Gasteiger partial charge in [-0.05, 0) is 49.6 Å². The average Bonchev–Trinajstić information content (AvgIpc) is 3.35. The number of sulfonamides is 1. The van der Waals surface area contributed by atoms with E-state index in [0.717, 1.165) is 11.1 Å². The molecule has 0 radical (unpaired) electrons. The van der Waals surface area contributed by atoms with Crippen LogP contribution in [0.25, 0.3) is 12.2 Å². The number of anilines is 1. The summed E-state index contributed by atoms with van der Waals surface area (Å²) in [6.07, 6.45) is 5.03. The molecular formula is C27H30ClN3O6S. The number of fused-ring (bicyclic) bond motifs is 1. The van der Waals surface area contributed by atoms with E-state index in [9.17, 15) is 13.2 Å². The SMILES string of the molecule is CCOc1nn(CC)cc1S(=O)(=O)N1C[C@H](CCC(=O)OC)Oc2ccc(/C=C/c3ccccc3Cl)cc21. The first-order chi connectivity index (χ1) is 18.3. The Balaban J connectivity index is 1.75. The predicted molar refractivity (Wildman–Crippen MR) is 146 cm³/mol. The lowest BCUT2D eigenvalue weighted by Crippen LogP contribution is -2.43. The number of benzene rings is 2. The highest BCUT2D eigenvalue weighted by molar-refractivity contribution is 7.93. The number of nitrogens with zero attached hydrogens (tertiary/aromatic N) is 3. The van der Waals surface area contributed by atoms with Crippen LogP contribution >= 0.6 is 11.6 Å². The van der Waals surface area contributed by atoms with Crippen molar-refractivity contribution in [3.63, 3.8) is 0 Å². The second-order valence-electron chi connectivity index (χ2n) is 8.56. The first-order valence-corrected chi connectivity index (χ1v) is 14.1. The Morgan fingerprint density at radius 3 is 2.71 bits per heavy atom. The van der Waals surface area contributed by atoms with Crippen LogP contribution in [-0.4, -0.2) is 50.5 Å². The fraction of sp³-hybridized carbons (Fsp3) is 0.333. The molecule has 0 saturated heterocycles. The minimum Gasteiger partial charge on any atom is -0.486 e. The maximum absolute atomic E-state index is 14.1. The van der Waals surface area contributed by atoms with Gasteiger partial charge in [0.15, 0.2) is 4.90 Å². The van der Waals surface area contributed by atoms with E-state index in [-0.39, 0.29) is 30.3 Å². The van der Waals surface area contributed by atoms with Crippen LogP contribution in [-0.2, 0) is 26.1 Å². The molecule has 4 rings (SSSR count). The third-order valence-electron chi connectivity index (χ3n) is 6.04. The van der Waals surface area contributed by atoms with E-state index in [0.29, 0.717) is 29.4 Å². The molecule has 0 saturated carbocycles. The first-order valence-electron chi connectivity index (χ1n) is 12.3. The van der Waals surface area contributed by atoms with Gasteiger partial charge in [0.2, 0.25) is 0 Å². The van der Waals surface area contributed by atoms with Crippen LogP contribution in [0.5, 0.6) is 11.6 Å². The number of aromatic nitrogens is 2. The second-order valence-corrected chi connectivity index (χ2v) is 10.8. The molecule has 0 fully saturated rings. The van der Waals surface area contributed by atoms with Crippen molar-refractivity contribution in [3.05, 3.63) is 64.8 Å². The molecular weight excluding hydrogens is 530 g/mol. The van der Waals surface area contributed by atoms with Crippen LogP contribution < -0.4 is 13.8 Å². The van der Waals surface area contributed by atoms with Gasteiger partial charge in [0.05, 0.1) is 25.9 Å². The molecule has 1 aliphatic heterocycles. The van der Waals surface area contributed by atoms with Crippen molar-refractivity contribution in [2.75, 3.05) is 24.6 Å². The largest absolute Gasteiger partial charge is 0.486 e. The third-order valence-corrected chi connectivity index (χ3v) is 8.15. The van der Waals surface area contributed by atoms with Gasteiger partial charge < -0.3 is 14.2 Å². The van der Waals surface area contributed by atoms with Crippen LogP contribution in [0.15, 0.2) is 53.6 Å². The molecule has 0 unspecified atom stereocenters. The van der Waals surface area contributed by atoms with Crippen LogP contribution in [0.3, 0.4) is 0 Å². The van der Waals surface area contributed by atoms with Crippen LogP contribution in [0.2, 0.25) is 5.02 Å². The molecule has 202 valence electrons. The van der Waals surface area contributed by atoms with Crippen LogP contribution in [0.1, 0.15) is 37.8 Å². The summed E-state index contributed by atoms with van der Waals surface area (Å²) in [4.78, 5) is 11.7. The number of hydrogen-bond donors (Lipinski definition) is 0. The zero-order valence-electron chi connectivity index (χ0n) is 21.5. The second kappa shape index (κ2) is 11.9. The highest BCUT2D eigenvalue weighted by Crippen LogP contribution is 2.40. The van der Waals surface area contributed by atoms with Crippen molar-refractivity contribution in [2.24, 2.45) is 0 Å². The molecule has 0 aliphatic carbocycles. The molecule has 1 aromatic heterocycles. The van der Waals surface area contributed by atoms with Gasteiger partial charge in [-0.3, -0.25) is 13.8 Å². The molecule has 0 bridgehead atoms. The topological polar surface area (TPSA) is 100.0 Å². The molecule has 0 amide bonds. The summed E-state index contributed by atoms with van der Waals surface area (Å²) < 4.78 is 47.4. The van der Waals surface area contributed by atoms with Crippen LogP contribution in [0, 0.1) is 0 Å². The third kappa shape index (κ3) is 5.97. The van der Waals surface area contributed by atoms with Gasteiger partial charge in [-0.25, -0.2) is 8.42 Å². The van der Waals surface area contributed by atoms with Crippen molar-refractivity contribution in [1.82, 2.24) is 9.78 Å². The molecule has 38 heavy (non-hydrogen) atoms. The molecule has 9 nitrogen and oxygen atoms in total. The van der Waals surface area contributed by atoms with E-state index >= 15 is 0 Å². The minimum absolute atomic E-state index is 0.00682. The Morgan fingerprint density at radius 1 is 1.21 bits per heavy atom. The molecule has 1 atom stereocenters. The van der Waals surface area contributed by atoms with Crippen LogP contribution in [0.4, 0.5) is 5.69 Å². The summed E-state index contributed by atoms with van der Waals surface area (Å²) in [6.45, 7) is 4.39. The Labute approximate surface area is 227 Å². The van der Waals surface area contributed by atoms with Gasteiger partial charge in [-0.15, -0.1) is 5.10 Å². The quantitative estimate of drug-likeness (QED) is 0.253. The number of rotatable bonds is 10. The Kier molecular flexibility index (Phi) is 8.63. The summed E-state index contributed by atoms with van der Waals surface area (Å²) in [5.41, 5.74) is 1.98. The number of ether oxygens (including phenoxy) is 3. The molecule has 3 aromatic rings. The van der Waals surface area contributed by atoms with E-state index in [2.05, 4.69) is 5.10 Å². The van der Waals surface area contributed by atoms with Gasteiger partial charge in [-0.1, -0.05) is 48.0 Å². The predicted octanol–water partition coefficient (Wildman–Crippen LogP) is 5.04. The lowest BCUT2D eigenvalue weighted by Gasteiger charge is -2.35. The molecule has 0 spiro atoms. The van der Waals surface area contributed by atoms with Crippen molar-refractivity contribution >= 4 is 45.4 Å². The summed E-state index contributed by atoms with van der Waals surface area (Å²) in [5, 5.41) is 4.90. The van der Waals surface area contributed by atoms with Gasteiger partial charge in [0.1, 0.15) is 11.9 Å². The number of esters is 1. The van der Waals surface area contributed by atoms with E-state index in [4.69, 9.17) is 25.8 Å². The molecule has 11 heteroatoms. The van der Waals surface area contributed by atoms with Crippen molar-refractivity contribution in [3.8, 4) is 11.6 Å². The highest BCUT2D eigenvalue weighted by Gasteiger charge is 2.37. The summed E-state index contributed by atoms with van der Waals surface area (Å²) in [6, 6.07) is 12.8. The minimum atomic E-state index is -4.10. The number of halogens is 1. The fourth-order valence-electron chi connectivity index (χ4n) is 4.07. The lowest BCUT2D eigenvalue weighted by atomic mass is 10.1. The monoisotopic (exact) mass is 559 g/mol. The molecule has 2 heterocycles. The van der Waals surface area contributed by atoms with E-state index in [1.54, 1.807) is 25.1 Å².